The molecule has 2 heteroatoms. The molecule has 0 aliphatic rings. The van der Waals surface area contributed by atoms with Gasteiger partial charge in [0.1, 0.15) is 0 Å². The lowest BCUT2D eigenvalue weighted by Gasteiger charge is -2.25. The van der Waals surface area contributed by atoms with E-state index in [1.165, 1.54) is 35.7 Å². The first-order valence-corrected chi connectivity index (χ1v) is 8.30. The predicted octanol–water partition coefficient (Wildman–Crippen LogP) is 4.45. The van der Waals surface area contributed by atoms with Gasteiger partial charge in [-0.05, 0) is 31.3 Å². The lowest BCUT2D eigenvalue weighted by molar-refractivity contribution is 0.610. The number of anilines is 1. The number of fused-ring (bicyclic) bond motifs is 1. The van der Waals surface area contributed by atoms with Crippen LogP contribution in [0.25, 0.3) is 10.8 Å². The standard InChI is InChI=1S/C19H28N2/c1-3-5-8-14-20-15-16-21(4-2)19-13-9-11-17-10-6-7-12-18(17)19/h6-7,9-13,20H,3-5,8,14-16H2,1-2H3. The SMILES string of the molecule is CCCCCNCCN(CC)c1cccc2ccccc12. The van der Waals surface area contributed by atoms with Gasteiger partial charge in [-0.25, -0.2) is 0 Å². The van der Waals surface area contributed by atoms with Crippen molar-refractivity contribution in [1.82, 2.24) is 5.32 Å². The molecule has 114 valence electrons. The molecular weight excluding hydrogens is 256 g/mol. The fourth-order valence-electron chi connectivity index (χ4n) is 2.77. The maximum absolute atomic E-state index is 3.56. The zero-order valence-corrected chi connectivity index (χ0v) is 13.4. The van der Waals surface area contributed by atoms with Gasteiger partial charge in [0.05, 0.1) is 0 Å². The van der Waals surface area contributed by atoms with Gasteiger partial charge >= 0.3 is 0 Å². The predicted molar refractivity (Wildman–Crippen MR) is 94.2 cm³/mol. The zero-order chi connectivity index (χ0) is 14.9. The van der Waals surface area contributed by atoms with E-state index in [2.05, 4.69) is 66.5 Å². The van der Waals surface area contributed by atoms with Gasteiger partial charge in [0.15, 0.2) is 0 Å². The third-order valence-corrected chi connectivity index (χ3v) is 4.00. The van der Waals surface area contributed by atoms with E-state index in [9.17, 15) is 0 Å². The van der Waals surface area contributed by atoms with E-state index < -0.39 is 0 Å². The monoisotopic (exact) mass is 284 g/mol. The molecule has 0 aromatic heterocycles. The summed E-state index contributed by atoms with van der Waals surface area (Å²) in [6.45, 7) is 8.79. The molecule has 0 unspecified atom stereocenters. The number of rotatable bonds is 9. The number of nitrogens with one attached hydrogen (secondary N) is 1. The van der Waals surface area contributed by atoms with E-state index in [1.807, 2.05) is 0 Å². The largest absolute Gasteiger partial charge is 0.370 e. The van der Waals surface area contributed by atoms with Crippen molar-refractivity contribution in [3.05, 3.63) is 42.5 Å². The normalized spacial score (nSPS) is 11.0. The van der Waals surface area contributed by atoms with Gasteiger partial charge in [0.2, 0.25) is 0 Å². The number of hydrogen-bond acceptors (Lipinski definition) is 2. The van der Waals surface area contributed by atoms with Gasteiger partial charge in [-0.3, -0.25) is 0 Å². The van der Waals surface area contributed by atoms with Crippen LogP contribution in [-0.2, 0) is 0 Å². The van der Waals surface area contributed by atoms with E-state index in [4.69, 9.17) is 0 Å². The average Bonchev–Trinajstić information content (AvgIpc) is 2.54. The molecule has 2 aromatic carbocycles. The molecule has 0 spiro atoms. The lowest BCUT2D eigenvalue weighted by Crippen LogP contribution is -2.32. The van der Waals surface area contributed by atoms with Crippen molar-refractivity contribution in [2.75, 3.05) is 31.1 Å². The molecule has 0 aliphatic heterocycles. The van der Waals surface area contributed by atoms with Crippen LogP contribution in [0.5, 0.6) is 0 Å². The van der Waals surface area contributed by atoms with Crippen molar-refractivity contribution in [1.29, 1.82) is 0 Å². The minimum atomic E-state index is 1.05. The topological polar surface area (TPSA) is 15.3 Å². The van der Waals surface area contributed by atoms with Crippen LogP contribution in [0.3, 0.4) is 0 Å². The average molecular weight is 284 g/mol. The Kier molecular flexibility index (Phi) is 6.55. The Morgan fingerprint density at radius 3 is 2.52 bits per heavy atom. The van der Waals surface area contributed by atoms with Gasteiger partial charge in [-0.2, -0.15) is 0 Å². The summed E-state index contributed by atoms with van der Waals surface area (Å²) in [5, 5.41) is 6.24. The number of benzene rings is 2. The molecule has 1 N–H and O–H groups in total. The van der Waals surface area contributed by atoms with E-state index in [0.717, 1.165) is 26.2 Å². The minimum Gasteiger partial charge on any atom is -0.370 e. The van der Waals surface area contributed by atoms with Crippen molar-refractivity contribution in [2.45, 2.75) is 33.1 Å². The van der Waals surface area contributed by atoms with Crippen LogP contribution in [0, 0.1) is 0 Å². The number of nitrogens with zero attached hydrogens (tertiary/aromatic N) is 1. The second kappa shape index (κ2) is 8.68. The van der Waals surface area contributed by atoms with Crippen molar-refractivity contribution in [2.24, 2.45) is 0 Å². The van der Waals surface area contributed by atoms with E-state index in [0.29, 0.717) is 0 Å². The highest BCUT2D eigenvalue weighted by atomic mass is 15.1. The maximum Gasteiger partial charge on any atom is 0.0446 e. The first-order chi connectivity index (χ1) is 10.4. The van der Waals surface area contributed by atoms with Gasteiger partial charge in [-0.15, -0.1) is 0 Å². The second-order valence-corrected chi connectivity index (χ2v) is 5.54. The van der Waals surface area contributed by atoms with Crippen LogP contribution >= 0.6 is 0 Å². The molecule has 0 radical (unpaired) electrons. The van der Waals surface area contributed by atoms with E-state index in [1.54, 1.807) is 0 Å². The fraction of sp³-hybridized carbons (Fsp3) is 0.474. The van der Waals surface area contributed by atoms with Crippen molar-refractivity contribution < 1.29 is 0 Å². The molecule has 21 heavy (non-hydrogen) atoms. The van der Waals surface area contributed by atoms with Crippen LogP contribution in [0.4, 0.5) is 5.69 Å². The van der Waals surface area contributed by atoms with Crippen LogP contribution < -0.4 is 10.2 Å². The molecule has 0 saturated carbocycles. The van der Waals surface area contributed by atoms with Gasteiger partial charge < -0.3 is 10.2 Å². The molecular formula is C19H28N2. The lowest BCUT2D eigenvalue weighted by atomic mass is 10.1. The molecule has 0 heterocycles. The molecule has 0 saturated heterocycles. The minimum absolute atomic E-state index is 1.05. The van der Waals surface area contributed by atoms with Gasteiger partial charge in [0.25, 0.3) is 0 Å². The molecule has 0 bridgehead atoms. The Hall–Kier alpha value is -1.54. The highest BCUT2D eigenvalue weighted by Gasteiger charge is 2.07. The van der Waals surface area contributed by atoms with Gasteiger partial charge in [-0.1, -0.05) is 56.2 Å². The fourth-order valence-corrected chi connectivity index (χ4v) is 2.77. The van der Waals surface area contributed by atoms with Crippen LogP contribution in [-0.4, -0.2) is 26.2 Å². The molecule has 0 aliphatic carbocycles. The molecule has 2 rings (SSSR count). The Labute approximate surface area is 129 Å². The highest BCUT2D eigenvalue weighted by molar-refractivity contribution is 5.94. The summed E-state index contributed by atoms with van der Waals surface area (Å²) in [5.41, 5.74) is 1.35. The number of hydrogen-bond donors (Lipinski definition) is 1. The molecule has 0 atom stereocenters. The zero-order valence-electron chi connectivity index (χ0n) is 13.4. The van der Waals surface area contributed by atoms with E-state index in [-0.39, 0.29) is 0 Å². The Morgan fingerprint density at radius 2 is 1.71 bits per heavy atom. The van der Waals surface area contributed by atoms with E-state index >= 15 is 0 Å². The first-order valence-electron chi connectivity index (χ1n) is 8.30. The van der Waals surface area contributed by atoms with Crippen molar-refractivity contribution in [3.8, 4) is 0 Å². The summed E-state index contributed by atoms with van der Waals surface area (Å²) < 4.78 is 0. The third-order valence-electron chi connectivity index (χ3n) is 4.00. The molecule has 0 fully saturated rings. The number of likely N-dealkylation sites (N-methyl/N-ethyl adjacent to an activating group) is 1. The summed E-state index contributed by atoms with van der Waals surface area (Å²) in [6.07, 6.45) is 3.91. The smallest absolute Gasteiger partial charge is 0.0446 e. The Bertz CT molecular complexity index is 531. The quantitative estimate of drug-likeness (QED) is 0.685. The molecule has 2 aromatic rings. The third kappa shape index (κ3) is 4.47. The van der Waals surface area contributed by atoms with Crippen LogP contribution in [0.15, 0.2) is 42.5 Å². The van der Waals surface area contributed by atoms with Crippen molar-refractivity contribution >= 4 is 16.5 Å². The van der Waals surface area contributed by atoms with Crippen LogP contribution in [0.1, 0.15) is 33.1 Å². The molecule has 2 nitrogen and oxygen atoms in total. The summed E-state index contributed by atoms with van der Waals surface area (Å²) in [5.74, 6) is 0. The first kappa shape index (κ1) is 15.8. The summed E-state index contributed by atoms with van der Waals surface area (Å²) in [4.78, 5) is 2.47. The highest BCUT2D eigenvalue weighted by Crippen LogP contribution is 2.26. The van der Waals surface area contributed by atoms with Crippen LogP contribution in [0.2, 0.25) is 0 Å². The Balaban J connectivity index is 1.96. The summed E-state index contributed by atoms with van der Waals surface area (Å²) in [7, 11) is 0. The second-order valence-electron chi connectivity index (χ2n) is 5.54. The summed E-state index contributed by atoms with van der Waals surface area (Å²) in [6, 6.07) is 15.2. The van der Waals surface area contributed by atoms with Crippen molar-refractivity contribution in [3.63, 3.8) is 0 Å². The number of unbranched alkanes of at least 4 members (excludes halogenated alkanes) is 2. The Morgan fingerprint density at radius 1 is 0.905 bits per heavy atom. The summed E-state index contributed by atoms with van der Waals surface area (Å²) >= 11 is 0. The molecule has 0 amide bonds. The maximum atomic E-state index is 3.56. The van der Waals surface area contributed by atoms with Gasteiger partial charge in [0, 0.05) is 30.7 Å².